The molecule has 0 aliphatic rings. The van der Waals surface area contributed by atoms with Gasteiger partial charge in [0.15, 0.2) is 0 Å². The fourth-order valence-corrected chi connectivity index (χ4v) is 7.63. The molecule has 0 N–H and O–H groups in total. The first-order valence-corrected chi connectivity index (χ1v) is 16.4. The lowest BCUT2D eigenvalue weighted by Crippen LogP contribution is -1.98. The molecule has 48 heavy (non-hydrogen) atoms. The number of benzene rings is 7. The number of hydrogen-bond acceptors (Lipinski definition) is 1. The third kappa shape index (κ3) is 3.98. The largest absolute Gasteiger partial charge is 0.309 e. The predicted molar refractivity (Wildman–Crippen MR) is 201 cm³/mol. The molecule has 0 amide bonds. The Labute approximate surface area is 277 Å². The van der Waals surface area contributed by atoms with E-state index < -0.39 is 0 Å². The van der Waals surface area contributed by atoms with Gasteiger partial charge in [0, 0.05) is 38.4 Å². The number of pyridine rings is 1. The van der Waals surface area contributed by atoms with Gasteiger partial charge in [-0.05, 0) is 59.3 Å². The average Bonchev–Trinajstić information content (AvgIpc) is 3.69. The molecular formula is C45H29N3. The van der Waals surface area contributed by atoms with Crippen LogP contribution in [0.3, 0.4) is 0 Å². The first kappa shape index (κ1) is 26.7. The summed E-state index contributed by atoms with van der Waals surface area (Å²) in [6.07, 6.45) is 0. The highest BCUT2D eigenvalue weighted by Crippen LogP contribution is 2.43. The summed E-state index contributed by atoms with van der Waals surface area (Å²) >= 11 is 0. The molecule has 0 saturated carbocycles. The maximum atomic E-state index is 5.17. The summed E-state index contributed by atoms with van der Waals surface area (Å²) in [5.41, 5.74) is 11.1. The molecule has 0 saturated heterocycles. The molecule has 0 radical (unpaired) electrons. The molecule has 224 valence electrons. The second-order valence-corrected chi connectivity index (χ2v) is 12.4. The molecule has 3 nitrogen and oxygen atoms in total. The van der Waals surface area contributed by atoms with E-state index >= 15 is 0 Å². The van der Waals surface area contributed by atoms with Gasteiger partial charge in [-0.3, -0.25) is 0 Å². The van der Waals surface area contributed by atoms with Crippen LogP contribution >= 0.6 is 0 Å². The second kappa shape index (κ2) is 10.5. The van der Waals surface area contributed by atoms with E-state index in [1.807, 2.05) is 0 Å². The normalized spacial score (nSPS) is 11.8. The lowest BCUT2D eigenvalue weighted by molar-refractivity contribution is 1.16. The molecule has 3 aromatic heterocycles. The molecule has 7 aromatic carbocycles. The van der Waals surface area contributed by atoms with E-state index in [-0.39, 0.29) is 0 Å². The van der Waals surface area contributed by atoms with E-state index in [2.05, 4.69) is 185 Å². The third-order valence-corrected chi connectivity index (χ3v) is 9.69. The highest BCUT2D eigenvalue weighted by molar-refractivity contribution is 6.29. The van der Waals surface area contributed by atoms with Gasteiger partial charge in [-0.15, -0.1) is 0 Å². The summed E-state index contributed by atoms with van der Waals surface area (Å²) in [4.78, 5) is 5.17. The van der Waals surface area contributed by atoms with E-state index in [1.54, 1.807) is 0 Å². The van der Waals surface area contributed by atoms with E-state index in [4.69, 9.17) is 4.98 Å². The minimum atomic E-state index is 0.953. The van der Waals surface area contributed by atoms with E-state index in [0.717, 1.165) is 28.2 Å². The Bertz CT molecular complexity index is 2750. The van der Waals surface area contributed by atoms with Crippen LogP contribution < -0.4 is 0 Å². The molecule has 0 bridgehead atoms. The molecule has 3 heteroatoms. The zero-order valence-electron chi connectivity index (χ0n) is 26.1. The molecule has 10 rings (SSSR count). The quantitative estimate of drug-likeness (QED) is 0.194. The van der Waals surface area contributed by atoms with Gasteiger partial charge in [0.1, 0.15) is 0 Å². The fourth-order valence-electron chi connectivity index (χ4n) is 7.63. The average molecular weight is 612 g/mol. The maximum Gasteiger partial charge on any atom is 0.0730 e. The molecule has 0 unspecified atom stereocenters. The summed E-state index contributed by atoms with van der Waals surface area (Å²) in [5.74, 6) is 0. The number of hydrogen-bond donors (Lipinski definition) is 0. The number of rotatable bonds is 4. The summed E-state index contributed by atoms with van der Waals surface area (Å²) < 4.78 is 4.81. The Morgan fingerprint density at radius 3 is 1.23 bits per heavy atom. The van der Waals surface area contributed by atoms with Gasteiger partial charge in [0.05, 0.1) is 39.1 Å². The van der Waals surface area contributed by atoms with Crippen molar-refractivity contribution in [2.75, 3.05) is 0 Å². The molecule has 0 atom stereocenters. The molecule has 0 spiro atoms. The van der Waals surface area contributed by atoms with Crippen LogP contribution in [-0.2, 0) is 0 Å². The third-order valence-electron chi connectivity index (χ3n) is 9.69. The van der Waals surface area contributed by atoms with Crippen molar-refractivity contribution in [2.24, 2.45) is 0 Å². The standard InChI is InChI=1S/C45H29N3/c1-4-14-30(15-5-1)38-28-33(29-39(46-38)31-16-6-2-7-17-31)48-41-23-13-11-21-37(41)45-35-24-26-42-44(34(35)25-27-43(45)48)36-20-10-12-22-40(36)47(42)32-18-8-3-9-19-32/h1-29H. The Morgan fingerprint density at radius 1 is 0.312 bits per heavy atom. The predicted octanol–water partition coefficient (Wildman–Crippen LogP) is 11.8. The van der Waals surface area contributed by atoms with Crippen molar-refractivity contribution in [3.63, 3.8) is 0 Å². The second-order valence-electron chi connectivity index (χ2n) is 12.4. The zero-order chi connectivity index (χ0) is 31.6. The Balaban J connectivity index is 1.30. The molecule has 0 aliphatic heterocycles. The van der Waals surface area contributed by atoms with E-state index in [1.165, 1.54) is 60.1 Å². The Hall–Kier alpha value is -6.45. The van der Waals surface area contributed by atoms with Crippen molar-refractivity contribution in [1.29, 1.82) is 0 Å². The Kier molecular flexibility index (Phi) is 5.87. The topological polar surface area (TPSA) is 22.8 Å². The molecule has 10 aromatic rings. The van der Waals surface area contributed by atoms with Crippen molar-refractivity contribution in [3.8, 4) is 33.9 Å². The van der Waals surface area contributed by atoms with Crippen LogP contribution in [0.4, 0.5) is 0 Å². The van der Waals surface area contributed by atoms with Crippen molar-refractivity contribution in [2.45, 2.75) is 0 Å². The highest BCUT2D eigenvalue weighted by Gasteiger charge is 2.20. The van der Waals surface area contributed by atoms with Gasteiger partial charge in [-0.25, -0.2) is 4.98 Å². The lowest BCUT2D eigenvalue weighted by atomic mass is 9.99. The number of nitrogens with zero attached hydrogens (tertiary/aromatic N) is 3. The molecule has 3 heterocycles. The highest BCUT2D eigenvalue weighted by atomic mass is 15.0. The van der Waals surface area contributed by atoms with Crippen molar-refractivity contribution in [3.05, 3.63) is 176 Å². The molecule has 0 fully saturated rings. The minimum absolute atomic E-state index is 0.953. The summed E-state index contributed by atoms with van der Waals surface area (Å²) in [7, 11) is 0. The summed E-state index contributed by atoms with van der Waals surface area (Å²) in [5, 5.41) is 7.57. The van der Waals surface area contributed by atoms with Crippen LogP contribution in [0.15, 0.2) is 176 Å². The lowest BCUT2D eigenvalue weighted by Gasteiger charge is -2.13. The van der Waals surface area contributed by atoms with Crippen molar-refractivity contribution >= 4 is 54.4 Å². The zero-order valence-corrected chi connectivity index (χ0v) is 26.1. The van der Waals surface area contributed by atoms with Gasteiger partial charge >= 0.3 is 0 Å². The van der Waals surface area contributed by atoms with Crippen LogP contribution in [0, 0.1) is 0 Å². The first-order chi connectivity index (χ1) is 23.8. The van der Waals surface area contributed by atoms with Gasteiger partial charge in [0.2, 0.25) is 0 Å². The fraction of sp³-hybridized carbons (Fsp3) is 0. The minimum Gasteiger partial charge on any atom is -0.309 e. The maximum absolute atomic E-state index is 5.17. The van der Waals surface area contributed by atoms with Gasteiger partial charge in [-0.1, -0.05) is 127 Å². The summed E-state index contributed by atoms with van der Waals surface area (Å²) in [6, 6.07) is 63.0. The SMILES string of the molecule is c1ccc(-c2cc(-n3c4ccccc4c4c5ccc6c(c5ccc43)c3ccccc3n6-c3ccccc3)cc(-c3ccccc3)n2)cc1. The van der Waals surface area contributed by atoms with Crippen LogP contribution in [-0.4, -0.2) is 14.1 Å². The van der Waals surface area contributed by atoms with Crippen molar-refractivity contribution in [1.82, 2.24) is 14.1 Å². The smallest absolute Gasteiger partial charge is 0.0730 e. The van der Waals surface area contributed by atoms with Gasteiger partial charge in [-0.2, -0.15) is 0 Å². The number of fused-ring (bicyclic) bond motifs is 9. The number of para-hydroxylation sites is 3. The van der Waals surface area contributed by atoms with E-state index in [0.29, 0.717) is 0 Å². The molecular weight excluding hydrogens is 583 g/mol. The van der Waals surface area contributed by atoms with Crippen LogP contribution in [0.5, 0.6) is 0 Å². The van der Waals surface area contributed by atoms with Gasteiger partial charge < -0.3 is 9.13 Å². The Morgan fingerprint density at radius 2 is 0.729 bits per heavy atom. The van der Waals surface area contributed by atoms with Crippen LogP contribution in [0.1, 0.15) is 0 Å². The van der Waals surface area contributed by atoms with Gasteiger partial charge in [0.25, 0.3) is 0 Å². The number of aromatic nitrogens is 3. The van der Waals surface area contributed by atoms with E-state index in [9.17, 15) is 0 Å². The first-order valence-electron chi connectivity index (χ1n) is 16.4. The van der Waals surface area contributed by atoms with Crippen LogP contribution in [0.2, 0.25) is 0 Å². The van der Waals surface area contributed by atoms with Crippen LogP contribution in [0.25, 0.3) is 88.3 Å². The molecule has 0 aliphatic carbocycles. The summed E-state index contributed by atoms with van der Waals surface area (Å²) in [6.45, 7) is 0. The monoisotopic (exact) mass is 611 g/mol. The van der Waals surface area contributed by atoms with Crippen molar-refractivity contribution < 1.29 is 0 Å².